The highest BCUT2D eigenvalue weighted by Gasteiger charge is 2.13. The van der Waals surface area contributed by atoms with Gasteiger partial charge in [-0.15, -0.1) is 0 Å². The lowest BCUT2D eigenvalue weighted by Crippen LogP contribution is -2.28. The Balaban J connectivity index is 2.23. The number of rotatable bonds is 7. The van der Waals surface area contributed by atoms with Gasteiger partial charge in [0.25, 0.3) is 0 Å². The van der Waals surface area contributed by atoms with Crippen molar-refractivity contribution in [2.24, 2.45) is 5.84 Å². The van der Waals surface area contributed by atoms with Gasteiger partial charge in [0.2, 0.25) is 0 Å². The largest absolute Gasteiger partial charge is 0.497 e. The normalized spacial score (nSPS) is 12.0. The molecule has 0 bridgehead atoms. The Hall–Kier alpha value is -2.04. The number of nitrogens with two attached hydrogens (primary N) is 1. The first-order valence-corrected chi connectivity index (χ1v) is 7.11. The topological polar surface area (TPSA) is 56.5 Å². The molecule has 2 aromatic rings. The van der Waals surface area contributed by atoms with Crippen LogP contribution in [0.1, 0.15) is 30.5 Å². The Morgan fingerprint density at radius 3 is 2.43 bits per heavy atom. The first-order chi connectivity index (χ1) is 10.3. The number of methoxy groups -OCH3 is 1. The van der Waals surface area contributed by atoms with Crippen LogP contribution in [-0.4, -0.2) is 13.7 Å². The fraction of sp³-hybridized carbons (Fsp3) is 0.294. The third-order valence-electron chi connectivity index (χ3n) is 3.28. The Bertz CT molecular complexity index is 555. The lowest BCUT2D eigenvalue weighted by Gasteiger charge is -2.18. The van der Waals surface area contributed by atoms with Crippen molar-refractivity contribution < 1.29 is 9.47 Å². The third-order valence-corrected chi connectivity index (χ3v) is 3.28. The molecule has 0 aliphatic carbocycles. The van der Waals surface area contributed by atoms with Crippen LogP contribution in [-0.2, 0) is 0 Å². The number of hydrazine groups is 1. The van der Waals surface area contributed by atoms with Gasteiger partial charge in [0.15, 0.2) is 0 Å². The summed E-state index contributed by atoms with van der Waals surface area (Å²) in [5.41, 5.74) is 5.00. The second kappa shape index (κ2) is 7.67. The Labute approximate surface area is 125 Å². The number of hydrogen-bond acceptors (Lipinski definition) is 4. The number of ether oxygens (including phenoxy) is 2. The molecule has 0 spiro atoms. The molecular formula is C17H22N2O2. The van der Waals surface area contributed by atoms with Crippen LogP contribution < -0.4 is 20.7 Å². The van der Waals surface area contributed by atoms with E-state index < -0.39 is 0 Å². The molecular weight excluding hydrogens is 264 g/mol. The molecule has 1 unspecified atom stereocenters. The average Bonchev–Trinajstić information content (AvgIpc) is 2.55. The zero-order valence-corrected chi connectivity index (χ0v) is 12.5. The zero-order valence-electron chi connectivity index (χ0n) is 12.5. The van der Waals surface area contributed by atoms with Crippen LogP contribution in [0.4, 0.5) is 0 Å². The van der Waals surface area contributed by atoms with Crippen molar-refractivity contribution in [3.05, 3.63) is 59.7 Å². The maximum absolute atomic E-state index is 5.74. The number of benzene rings is 2. The fourth-order valence-corrected chi connectivity index (χ4v) is 2.19. The molecule has 0 aliphatic rings. The smallest absolute Gasteiger partial charge is 0.119 e. The van der Waals surface area contributed by atoms with E-state index in [0.717, 1.165) is 29.0 Å². The van der Waals surface area contributed by atoms with Crippen molar-refractivity contribution in [2.75, 3.05) is 13.7 Å². The van der Waals surface area contributed by atoms with Gasteiger partial charge in [-0.3, -0.25) is 5.84 Å². The molecule has 2 aromatic carbocycles. The Kier molecular flexibility index (Phi) is 5.60. The lowest BCUT2D eigenvalue weighted by molar-refractivity contribution is 0.317. The summed E-state index contributed by atoms with van der Waals surface area (Å²) in [6.45, 7) is 2.80. The summed E-state index contributed by atoms with van der Waals surface area (Å²) in [4.78, 5) is 0. The van der Waals surface area contributed by atoms with Crippen LogP contribution in [0.15, 0.2) is 48.5 Å². The molecule has 4 nitrogen and oxygen atoms in total. The SMILES string of the molecule is CCCOc1cccc(C(NN)c2ccc(OC)cc2)c1. The first-order valence-electron chi connectivity index (χ1n) is 7.11. The highest BCUT2D eigenvalue weighted by molar-refractivity contribution is 5.38. The van der Waals surface area contributed by atoms with Crippen molar-refractivity contribution in [2.45, 2.75) is 19.4 Å². The predicted molar refractivity (Wildman–Crippen MR) is 84.4 cm³/mol. The predicted octanol–water partition coefficient (Wildman–Crippen LogP) is 3.04. The minimum absolute atomic E-state index is 0.0823. The summed E-state index contributed by atoms with van der Waals surface area (Å²) in [7, 11) is 1.65. The number of hydrogen-bond donors (Lipinski definition) is 2. The van der Waals surface area contributed by atoms with Crippen LogP contribution >= 0.6 is 0 Å². The van der Waals surface area contributed by atoms with E-state index in [1.54, 1.807) is 7.11 Å². The Morgan fingerprint density at radius 2 is 1.81 bits per heavy atom. The van der Waals surface area contributed by atoms with Gasteiger partial charge in [0.1, 0.15) is 11.5 Å². The maximum Gasteiger partial charge on any atom is 0.119 e. The van der Waals surface area contributed by atoms with E-state index in [-0.39, 0.29) is 6.04 Å². The van der Waals surface area contributed by atoms with Gasteiger partial charge in [-0.1, -0.05) is 31.2 Å². The summed E-state index contributed by atoms with van der Waals surface area (Å²) < 4.78 is 10.9. The van der Waals surface area contributed by atoms with Crippen LogP contribution in [0.2, 0.25) is 0 Å². The summed E-state index contributed by atoms with van der Waals surface area (Å²) >= 11 is 0. The highest BCUT2D eigenvalue weighted by atomic mass is 16.5. The molecule has 0 aromatic heterocycles. The van der Waals surface area contributed by atoms with Gasteiger partial charge >= 0.3 is 0 Å². The van der Waals surface area contributed by atoms with Gasteiger partial charge in [-0.2, -0.15) is 0 Å². The highest BCUT2D eigenvalue weighted by Crippen LogP contribution is 2.26. The van der Waals surface area contributed by atoms with E-state index in [1.807, 2.05) is 48.5 Å². The van der Waals surface area contributed by atoms with Gasteiger partial charge in [0, 0.05) is 0 Å². The van der Waals surface area contributed by atoms with Crippen LogP contribution in [0.5, 0.6) is 11.5 Å². The molecule has 112 valence electrons. The standard InChI is InChI=1S/C17H22N2O2/c1-3-11-21-16-6-4-5-14(12-16)17(19-18)13-7-9-15(20-2)10-8-13/h4-10,12,17,19H,3,11,18H2,1-2H3. The molecule has 2 rings (SSSR count). The van der Waals surface area contributed by atoms with Crippen LogP contribution in [0.25, 0.3) is 0 Å². The van der Waals surface area contributed by atoms with E-state index in [0.29, 0.717) is 6.61 Å². The van der Waals surface area contributed by atoms with E-state index >= 15 is 0 Å². The molecule has 3 N–H and O–H groups in total. The molecule has 0 amide bonds. The summed E-state index contributed by atoms with van der Waals surface area (Å²) in [5, 5.41) is 0. The fourth-order valence-electron chi connectivity index (χ4n) is 2.19. The second-order valence-corrected chi connectivity index (χ2v) is 4.79. The van der Waals surface area contributed by atoms with Crippen molar-refractivity contribution in [1.29, 1.82) is 0 Å². The Morgan fingerprint density at radius 1 is 1.05 bits per heavy atom. The van der Waals surface area contributed by atoms with E-state index in [2.05, 4.69) is 12.3 Å². The molecule has 0 saturated carbocycles. The van der Waals surface area contributed by atoms with Gasteiger partial charge in [-0.25, -0.2) is 5.43 Å². The molecule has 21 heavy (non-hydrogen) atoms. The van der Waals surface area contributed by atoms with Crippen molar-refractivity contribution >= 4 is 0 Å². The summed E-state index contributed by atoms with van der Waals surface area (Å²) in [5.74, 6) is 7.43. The zero-order chi connectivity index (χ0) is 15.1. The van der Waals surface area contributed by atoms with Gasteiger partial charge in [-0.05, 0) is 41.8 Å². The molecule has 1 atom stereocenters. The maximum atomic E-state index is 5.74. The van der Waals surface area contributed by atoms with Crippen molar-refractivity contribution in [3.8, 4) is 11.5 Å². The first kappa shape index (κ1) is 15.4. The van der Waals surface area contributed by atoms with E-state index in [4.69, 9.17) is 15.3 Å². The van der Waals surface area contributed by atoms with Gasteiger partial charge in [0.05, 0.1) is 19.8 Å². The van der Waals surface area contributed by atoms with E-state index in [1.165, 1.54) is 0 Å². The van der Waals surface area contributed by atoms with Gasteiger partial charge < -0.3 is 9.47 Å². The minimum atomic E-state index is -0.0823. The third kappa shape index (κ3) is 3.97. The van der Waals surface area contributed by atoms with Crippen molar-refractivity contribution in [3.63, 3.8) is 0 Å². The molecule has 0 saturated heterocycles. The number of nitrogens with one attached hydrogen (secondary N) is 1. The average molecular weight is 286 g/mol. The quantitative estimate of drug-likeness (QED) is 0.607. The molecule has 0 radical (unpaired) electrons. The minimum Gasteiger partial charge on any atom is -0.497 e. The van der Waals surface area contributed by atoms with E-state index in [9.17, 15) is 0 Å². The second-order valence-electron chi connectivity index (χ2n) is 4.79. The molecule has 4 heteroatoms. The van der Waals surface area contributed by atoms with Crippen LogP contribution in [0.3, 0.4) is 0 Å². The van der Waals surface area contributed by atoms with Crippen LogP contribution in [0, 0.1) is 0 Å². The van der Waals surface area contributed by atoms with Crippen molar-refractivity contribution in [1.82, 2.24) is 5.43 Å². The molecule has 0 heterocycles. The summed E-state index contributed by atoms with van der Waals surface area (Å²) in [6, 6.07) is 15.8. The summed E-state index contributed by atoms with van der Waals surface area (Å²) in [6.07, 6.45) is 0.987. The molecule has 0 fully saturated rings. The monoisotopic (exact) mass is 286 g/mol. The lowest BCUT2D eigenvalue weighted by atomic mass is 9.99. The molecule has 0 aliphatic heterocycles.